The van der Waals surface area contributed by atoms with Gasteiger partial charge in [0.2, 0.25) is 0 Å². The second kappa shape index (κ2) is 6.94. The zero-order valence-corrected chi connectivity index (χ0v) is 14.8. The standard InChI is InChI=1S/C19H19N3O2S/c1-14-6-5-8-17(12-14)25(23,24)22-19-11-10-16(13-20-19)21-18-9-4-3-7-15(18)2/h3-13,21H,1-2H3,(H,20,22). The molecule has 0 aliphatic rings. The number of sulfonamides is 1. The average Bonchev–Trinajstić information content (AvgIpc) is 2.58. The molecule has 2 aromatic carbocycles. The molecule has 0 saturated heterocycles. The Hall–Kier alpha value is -2.86. The van der Waals surface area contributed by atoms with Crippen LogP contribution >= 0.6 is 0 Å². The van der Waals surface area contributed by atoms with Gasteiger partial charge in [0, 0.05) is 5.69 Å². The maximum absolute atomic E-state index is 12.4. The lowest BCUT2D eigenvalue weighted by Crippen LogP contribution is -2.14. The number of pyridine rings is 1. The van der Waals surface area contributed by atoms with E-state index in [2.05, 4.69) is 15.0 Å². The Morgan fingerprint density at radius 3 is 2.40 bits per heavy atom. The van der Waals surface area contributed by atoms with Gasteiger partial charge in [0.05, 0.1) is 16.8 Å². The highest BCUT2D eigenvalue weighted by Gasteiger charge is 2.14. The molecule has 5 nitrogen and oxygen atoms in total. The van der Waals surface area contributed by atoms with E-state index < -0.39 is 10.0 Å². The van der Waals surface area contributed by atoms with Gasteiger partial charge in [0.25, 0.3) is 10.0 Å². The van der Waals surface area contributed by atoms with Crippen LogP contribution in [0.3, 0.4) is 0 Å². The van der Waals surface area contributed by atoms with Crippen LogP contribution in [0.4, 0.5) is 17.2 Å². The molecular formula is C19H19N3O2S. The smallest absolute Gasteiger partial charge is 0.263 e. The van der Waals surface area contributed by atoms with E-state index >= 15 is 0 Å². The summed E-state index contributed by atoms with van der Waals surface area (Å²) in [5.41, 5.74) is 3.77. The summed E-state index contributed by atoms with van der Waals surface area (Å²) in [6, 6.07) is 18.1. The van der Waals surface area contributed by atoms with Crippen LogP contribution in [0.1, 0.15) is 11.1 Å². The van der Waals surface area contributed by atoms with Gasteiger partial charge >= 0.3 is 0 Å². The summed E-state index contributed by atoms with van der Waals surface area (Å²) in [5, 5.41) is 3.26. The Morgan fingerprint density at radius 2 is 1.72 bits per heavy atom. The molecule has 0 radical (unpaired) electrons. The van der Waals surface area contributed by atoms with Gasteiger partial charge < -0.3 is 5.32 Å². The molecule has 0 aliphatic heterocycles. The third-order valence-corrected chi connectivity index (χ3v) is 5.08. The second-order valence-corrected chi connectivity index (χ2v) is 7.48. The van der Waals surface area contributed by atoms with Crippen molar-refractivity contribution in [3.63, 3.8) is 0 Å². The first-order valence-electron chi connectivity index (χ1n) is 7.82. The number of aryl methyl sites for hydroxylation is 2. The average molecular weight is 353 g/mol. The summed E-state index contributed by atoms with van der Waals surface area (Å²) in [4.78, 5) is 4.40. The fourth-order valence-corrected chi connectivity index (χ4v) is 3.49. The van der Waals surface area contributed by atoms with Gasteiger partial charge in [-0.05, 0) is 55.3 Å². The maximum Gasteiger partial charge on any atom is 0.263 e. The van der Waals surface area contributed by atoms with E-state index in [4.69, 9.17) is 0 Å². The predicted molar refractivity (Wildman–Crippen MR) is 101 cm³/mol. The number of benzene rings is 2. The van der Waals surface area contributed by atoms with Crippen molar-refractivity contribution in [1.29, 1.82) is 0 Å². The van der Waals surface area contributed by atoms with Gasteiger partial charge in [-0.25, -0.2) is 13.4 Å². The minimum atomic E-state index is -3.65. The van der Waals surface area contributed by atoms with E-state index in [0.29, 0.717) is 0 Å². The van der Waals surface area contributed by atoms with Gasteiger partial charge in [-0.2, -0.15) is 0 Å². The number of para-hydroxylation sites is 1. The summed E-state index contributed by atoms with van der Waals surface area (Å²) in [7, 11) is -3.65. The normalized spacial score (nSPS) is 11.1. The summed E-state index contributed by atoms with van der Waals surface area (Å²) in [5.74, 6) is 0.275. The lowest BCUT2D eigenvalue weighted by Gasteiger charge is -2.11. The molecule has 6 heteroatoms. The van der Waals surface area contributed by atoms with E-state index in [1.54, 1.807) is 36.5 Å². The Kier molecular flexibility index (Phi) is 4.72. The third kappa shape index (κ3) is 4.16. The number of aromatic nitrogens is 1. The van der Waals surface area contributed by atoms with Crippen molar-refractivity contribution < 1.29 is 8.42 Å². The van der Waals surface area contributed by atoms with Crippen LogP contribution in [-0.4, -0.2) is 13.4 Å². The molecule has 3 aromatic rings. The van der Waals surface area contributed by atoms with Crippen LogP contribution in [0, 0.1) is 13.8 Å². The number of hydrogen-bond acceptors (Lipinski definition) is 4. The zero-order valence-electron chi connectivity index (χ0n) is 14.0. The van der Waals surface area contributed by atoms with Gasteiger partial charge in [-0.1, -0.05) is 30.3 Å². The number of anilines is 3. The van der Waals surface area contributed by atoms with Crippen molar-refractivity contribution in [2.75, 3.05) is 10.0 Å². The number of nitrogens with zero attached hydrogens (tertiary/aromatic N) is 1. The van der Waals surface area contributed by atoms with Crippen LogP contribution in [0.15, 0.2) is 71.8 Å². The summed E-state index contributed by atoms with van der Waals surface area (Å²) in [6.07, 6.45) is 1.60. The number of hydrogen-bond donors (Lipinski definition) is 2. The monoisotopic (exact) mass is 353 g/mol. The first kappa shape index (κ1) is 17.0. The summed E-state index contributed by atoms with van der Waals surface area (Å²) >= 11 is 0. The molecule has 128 valence electrons. The van der Waals surface area contributed by atoms with Crippen molar-refractivity contribution >= 4 is 27.2 Å². The van der Waals surface area contributed by atoms with Crippen molar-refractivity contribution in [2.24, 2.45) is 0 Å². The van der Waals surface area contributed by atoms with Crippen molar-refractivity contribution in [3.8, 4) is 0 Å². The predicted octanol–water partition coefficient (Wildman–Crippen LogP) is 4.24. The second-order valence-electron chi connectivity index (χ2n) is 5.79. The van der Waals surface area contributed by atoms with Crippen LogP contribution in [0.25, 0.3) is 0 Å². The Bertz CT molecular complexity index is 984. The first-order chi connectivity index (χ1) is 11.9. The number of rotatable bonds is 5. The lowest BCUT2D eigenvalue weighted by atomic mass is 10.2. The van der Waals surface area contributed by atoms with Crippen LogP contribution < -0.4 is 10.0 Å². The van der Waals surface area contributed by atoms with Crippen molar-refractivity contribution in [2.45, 2.75) is 18.7 Å². The van der Waals surface area contributed by atoms with E-state index in [0.717, 1.165) is 22.5 Å². The van der Waals surface area contributed by atoms with Gasteiger partial charge in [-0.15, -0.1) is 0 Å². The minimum absolute atomic E-state index is 0.219. The fraction of sp³-hybridized carbons (Fsp3) is 0.105. The SMILES string of the molecule is Cc1cccc(S(=O)(=O)Nc2ccc(Nc3ccccc3C)cn2)c1. The van der Waals surface area contributed by atoms with E-state index in [-0.39, 0.29) is 10.7 Å². The molecule has 0 bridgehead atoms. The molecule has 0 unspecified atom stereocenters. The van der Waals surface area contributed by atoms with Crippen LogP contribution in [-0.2, 0) is 10.0 Å². The minimum Gasteiger partial charge on any atom is -0.354 e. The Labute approximate surface area is 147 Å². The maximum atomic E-state index is 12.4. The van der Waals surface area contributed by atoms with Crippen LogP contribution in [0.5, 0.6) is 0 Å². The van der Waals surface area contributed by atoms with Crippen molar-refractivity contribution in [1.82, 2.24) is 4.98 Å². The zero-order chi connectivity index (χ0) is 17.9. The molecule has 1 aromatic heterocycles. The highest BCUT2D eigenvalue weighted by Crippen LogP contribution is 2.21. The summed E-state index contributed by atoms with van der Waals surface area (Å²) in [6.45, 7) is 3.86. The topological polar surface area (TPSA) is 71.1 Å². The fourth-order valence-electron chi connectivity index (χ4n) is 2.38. The van der Waals surface area contributed by atoms with Gasteiger partial charge in [0.15, 0.2) is 0 Å². The van der Waals surface area contributed by atoms with E-state index in [9.17, 15) is 8.42 Å². The molecule has 0 amide bonds. The Balaban J connectivity index is 1.75. The quantitative estimate of drug-likeness (QED) is 0.719. The highest BCUT2D eigenvalue weighted by atomic mass is 32.2. The highest BCUT2D eigenvalue weighted by molar-refractivity contribution is 7.92. The van der Waals surface area contributed by atoms with E-state index in [1.807, 2.05) is 44.2 Å². The molecule has 0 fully saturated rings. The molecule has 25 heavy (non-hydrogen) atoms. The van der Waals surface area contributed by atoms with Gasteiger partial charge in [0.1, 0.15) is 5.82 Å². The number of nitrogens with one attached hydrogen (secondary N) is 2. The van der Waals surface area contributed by atoms with E-state index in [1.165, 1.54) is 0 Å². The molecule has 0 aliphatic carbocycles. The first-order valence-corrected chi connectivity index (χ1v) is 9.30. The van der Waals surface area contributed by atoms with Crippen molar-refractivity contribution in [3.05, 3.63) is 78.0 Å². The largest absolute Gasteiger partial charge is 0.354 e. The molecule has 0 atom stereocenters. The summed E-state index contributed by atoms with van der Waals surface area (Å²) < 4.78 is 27.3. The Morgan fingerprint density at radius 1 is 0.920 bits per heavy atom. The molecule has 1 heterocycles. The molecule has 2 N–H and O–H groups in total. The molecule has 0 saturated carbocycles. The van der Waals surface area contributed by atoms with Gasteiger partial charge in [-0.3, -0.25) is 4.72 Å². The molecule has 3 rings (SSSR count). The van der Waals surface area contributed by atoms with Crippen LogP contribution in [0.2, 0.25) is 0 Å². The molecular weight excluding hydrogens is 334 g/mol. The third-order valence-electron chi connectivity index (χ3n) is 3.73. The molecule has 0 spiro atoms. The lowest BCUT2D eigenvalue weighted by molar-refractivity contribution is 0.601.